The van der Waals surface area contributed by atoms with Gasteiger partial charge in [0, 0.05) is 29.0 Å². The Morgan fingerprint density at radius 2 is 1.75 bits per heavy atom. The Bertz CT molecular complexity index is 1100. The summed E-state index contributed by atoms with van der Waals surface area (Å²) < 4.78 is 5.30. The van der Waals surface area contributed by atoms with Gasteiger partial charge in [0.2, 0.25) is 0 Å². The first-order valence-electron chi connectivity index (χ1n) is 9.84. The van der Waals surface area contributed by atoms with Crippen molar-refractivity contribution in [2.45, 2.75) is 6.10 Å². The number of nitrogens with one attached hydrogen (secondary N) is 2. The first-order chi connectivity index (χ1) is 15.4. The van der Waals surface area contributed by atoms with E-state index < -0.39 is 24.4 Å². The standard InChI is InChI=1S/C24H23ClN2O5/c1-32-22-10-7-15(24(31)26-13-18(29)14-28)11-20(22)23(30)19-9-8-17(12-21(19)25)27-16-5-3-2-4-6-16/h2-12,18,27-29H,13-14H2,1H3,(H,26,31). The molecule has 0 aromatic heterocycles. The molecule has 0 heterocycles. The molecule has 3 rings (SSSR count). The highest BCUT2D eigenvalue weighted by molar-refractivity contribution is 6.35. The van der Waals surface area contributed by atoms with Gasteiger partial charge in [-0.15, -0.1) is 0 Å². The molecule has 8 heteroatoms. The number of rotatable bonds is 9. The first-order valence-corrected chi connectivity index (χ1v) is 10.2. The Morgan fingerprint density at radius 1 is 1.00 bits per heavy atom. The highest BCUT2D eigenvalue weighted by atomic mass is 35.5. The second-order valence-corrected chi connectivity index (χ2v) is 7.38. The van der Waals surface area contributed by atoms with Crippen LogP contribution in [0, 0.1) is 0 Å². The molecule has 3 aromatic carbocycles. The van der Waals surface area contributed by atoms with E-state index in [0.29, 0.717) is 5.75 Å². The van der Waals surface area contributed by atoms with Crippen LogP contribution in [-0.4, -0.2) is 48.3 Å². The Labute approximate surface area is 190 Å². The highest BCUT2D eigenvalue weighted by Gasteiger charge is 2.20. The summed E-state index contributed by atoms with van der Waals surface area (Å²) >= 11 is 6.41. The molecule has 4 N–H and O–H groups in total. The van der Waals surface area contributed by atoms with Crippen LogP contribution in [0.4, 0.5) is 11.4 Å². The van der Waals surface area contributed by atoms with E-state index in [-0.39, 0.29) is 28.3 Å². The van der Waals surface area contributed by atoms with Crippen molar-refractivity contribution in [2.75, 3.05) is 25.6 Å². The molecule has 0 aliphatic rings. The number of hydrogen-bond donors (Lipinski definition) is 4. The number of benzene rings is 3. The fraction of sp³-hybridized carbons (Fsp3) is 0.167. The largest absolute Gasteiger partial charge is 0.496 e. The molecule has 166 valence electrons. The van der Waals surface area contributed by atoms with Crippen LogP contribution < -0.4 is 15.4 Å². The van der Waals surface area contributed by atoms with Gasteiger partial charge in [-0.3, -0.25) is 9.59 Å². The second kappa shape index (κ2) is 10.8. The van der Waals surface area contributed by atoms with Crippen LogP contribution in [-0.2, 0) is 0 Å². The summed E-state index contributed by atoms with van der Waals surface area (Å²) in [5, 5.41) is 24.3. The molecule has 0 radical (unpaired) electrons. The summed E-state index contributed by atoms with van der Waals surface area (Å²) in [6.07, 6.45) is -1.07. The van der Waals surface area contributed by atoms with Crippen LogP contribution in [0.25, 0.3) is 0 Å². The van der Waals surface area contributed by atoms with Crippen molar-refractivity contribution in [3.05, 3.63) is 88.4 Å². The average Bonchev–Trinajstić information content (AvgIpc) is 2.82. The summed E-state index contributed by atoms with van der Waals surface area (Å²) in [5.74, 6) is -0.602. The van der Waals surface area contributed by atoms with Gasteiger partial charge in [-0.05, 0) is 48.5 Å². The van der Waals surface area contributed by atoms with Crippen molar-refractivity contribution >= 4 is 34.7 Å². The number of carbonyl (C=O) groups excluding carboxylic acids is 2. The van der Waals surface area contributed by atoms with E-state index in [4.69, 9.17) is 21.4 Å². The van der Waals surface area contributed by atoms with Gasteiger partial charge in [0.25, 0.3) is 5.91 Å². The molecule has 0 aliphatic carbocycles. The predicted octanol–water partition coefficient (Wildman–Crippen LogP) is 3.41. The molecule has 0 saturated heterocycles. The lowest BCUT2D eigenvalue weighted by Gasteiger charge is -2.13. The normalized spacial score (nSPS) is 11.5. The topological polar surface area (TPSA) is 108 Å². The maximum Gasteiger partial charge on any atom is 0.251 e. The van der Waals surface area contributed by atoms with Gasteiger partial charge in [-0.1, -0.05) is 29.8 Å². The van der Waals surface area contributed by atoms with Gasteiger partial charge < -0.3 is 25.6 Å². The molecular weight excluding hydrogens is 432 g/mol. The Hall–Kier alpha value is -3.39. The quantitative estimate of drug-likeness (QED) is 0.369. The Morgan fingerprint density at radius 3 is 2.41 bits per heavy atom. The molecule has 32 heavy (non-hydrogen) atoms. The van der Waals surface area contributed by atoms with E-state index in [0.717, 1.165) is 11.4 Å². The fourth-order valence-electron chi connectivity index (χ4n) is 3.01. The number of ether oxygens (including phenoxy) is 1. The molecular formula is C24H23ClN2O5. The molecule has 0 aliphatic heterocycles. The third-order valence-electron chi connectivity index (χ3n) is 4.69. The van der Waals surface area contributed by atoms with E-state index in [1.165, 1.54) is 25.3 Å². The van der Waals surface area contributed by atoms with Gasteiger partial charge in [0.15, 0.2) is 5.78 Å². The fourth-order valence-corrected chi connectivity index (χ4v) is 3.28. The van der Waals surface area contributed by atoms with Crippen molar-refractivity contribution in [1.82, 2.24) is 5.32 Å². The number of ketones is 1. The molecule has 0 bridgehead atoms. The molecule has 0 fully saturated rings. The zero-order chi connectivity index (χ0) is 23.1. The van der Waals surface area contributed by atoms with Crippen molar-refractivity contribution in [3.63, 3.8) is 0 Å². The van der Waals surface area contributed by atoms with E-state index in [2.05, 4.69) is 10.6 Å². The minimum Gasteiger partial charge on any atom is -0.496 e. The summed E-state index contributed by atoms with van der Waals surface area (Å²) in [7, 11) is 1.43. The molecule has 0 spiro atoms. The summed E-state index contributed by atoms with van der Waals surface area (Å²) in [5.41, 5.74) is 2.25. The summed E-state index contributed by atoms with van der Waals surface area (Å²) in [6.45, 7) is -0.591. The van der Waals surface area contributed by atoms with Crippen LogP contribution in [0.2, 0.25) is 5.02 Å². The lowest BCUT2D eigenvalue weighted by Crippen LogP contribution is -2.33. The molecule has 1 amide bonds. The lowest BCUT2D eigenvalue weighted by molar-refractivity contribution is 0.0802. The summed E-state index contributed by atoms with van der Waals surface area (Å²) in [4.78, 5) is 25.6. The van der Waals surface area contributed by atoms with Crippen LogP contribution >= 0.6 is 11.6 Å². The van der Waals surface area contributed by atoms with Crippen molar-refractivity contribution in [2.24, 2.45) is 0 Å². The number of amides is 1. The smallest absolute Gasteiger partial charge is 0.251 e. The zero-order valence-corrected chi connectivity index (χ0v) is 18.1. The van der Waals surface area contributed by atoms with Gasteiger partial charge in [-0.2, -0.15) is 0 Å². The maximum atomic E-state index is 13.2. The highest BCUT2D eigenvalue weighted by Crippen LogP contribution is 2.29. The number of carbonyl (C=O) groups is 2. The number of hydrogen-bond acceptors (Lipinski definition) is 6. The van der Waals surface area contributed by atoms with Crippen LogP contribution in [0.15, 0.2) is 66.7 Å². The molecule has 0 saturated carbocycles. The summed E-state index contributed by atoms with van der Waals surface area (Å²) in [6, 6.07) is 19.0. The van der Waals surface area contributed by atoms with E-state index in [1.807, 2.05) is 30.3 Å². The van der Waals surface area contributed by atoms with Crippen LogP contribution in [0.3, 0.4) is 0 Å². The number of methoxy groups -OCH3 is 1. The molecule has 7 nitrogen and oxygen atoms in total. The van der Waals surface area contributed by atoms with E-state index in [9.17, 15) is 14.7 Å². The number of aliphatic hydroxyl groups is 2. The number of halogens is 1. The first kappa shape index (κ1) is 23.3. The van der Waals surface area contributed by atoms with E-state index >= 15 is 0 Å². The number of para-hydroxylation sites is 1. The Kier molecular flexibility index (Phi) is 7.83. The Balaban J connectivity index is 1.85. The maximum absolute atomic E-state index is 13.2. The number of anilines is 2. The molecule has 3 aromatic rings. The third kappa shape index (κ3) is 5.64. The minimum absolute atomic E-state index is 0.119. The molecule has 1 unspecified atom stereocenters. The van der Waals surface area contributed by atoms with Crippen LogP contribution in [0.5, 0.6) is 5.75 Å². The van der Waals surface area contributed by atoms with Gasteiger partial charge in [0.1, 0.15) is 5.75 Å². The minimum atomic E-state index is -1.07. The SMILES string of the molecule is COc1ccc(C(=O)NCC(O)CO)cc1C(=O)c1ccc(Nc2ccccc2)cc1Cl. The number of aliphatic hydroxyl groups excluding tert-OH is 2. The van der Waals surface area contributed by atoms with Gasteiger partial charge in [0.05, 0.1) is 30.4 Å². The molecule has 1 atom stereocenters. The van der Waals surface area contributed by atoms with Crippen LogP contribution in [0.1, 0.15) is 26.3 Å². The lowest BCUT2D eigenvalue weighted by atomic mass is 9.99. The van der Waals surface area contributed by atoms with Crippen molar-refractivity contribution in [1.29, 1.82) is 0 Å². The zero-order valence-electron chi connectivity index (χ0n) is 17.3. The van der Waals surface area contributed by atoms with Gasteiger partial charge in [-0.25, -0.2) is 0 Å². The third-order valence-corrected chi connectivity index (χ3v) is 5.00. The monoisotopic (exact) mass is 454 g/mol. The van der Waals surface area contributed by atoms with Crippen molar-refractivity contribution < 1.29 is 24.5 Å². The van der Waals surface area contributed by atoms with E-state index in [1.54, 1.807) is 18.2 Å². The van der Waals surface area contributed by atoms with Crippen molar-refractivity contribution in [3.8, 4) is 5.75 Å². The predicted molar refractivity (Wildman–Crippen MR) is 123 cm³/mol. The second-order valence-electron chi connectivity index (χ2n) is 6.98. The van der Waals surface area contributed by atoms with Gasteiger partial charge >= 0.3 is 0 Å². The average molecular weight is 455 g/mol.